The summed E-state index contributed by atoms with van der Waals surface area (Å²) in [5, 5.41) is 7.47. The van der Waals surface area contributed by atoms with Crippen molar-refractivity contribution in [1.82, 2.24) is 4.42 Å². The molecule has 0 bridgehead atoms. The molecule has 0 aliphatic rings. The van der Waals surface area contributed by atoms with E-state index in [0.29, 0.717) is 42.2 Å². The molecule has 0 aliphatic carbocycles. The first-order valence-electron chi connectivity index (χ1n) is 14.5. The van der Waals surface area contributed by atoms with Crippen molar-refractivity contribution >= 4 is 23.2 Å². The fourth-order valence-electron chi connectivity index (χ4n) is 4.87. The molecule has 0 amide bonds. The maximum absolute atomic E-state index is 6.74. The van der Waals surface area contributed by atoms with Gasteiger partial charge in [-0.25, -0.2) is 0 Å². The molecule has 37 heavy (non-hydrogen) atoms. The fourth-order valence-corrected chi connectivity index (χ4v) is 5.01. The first-order valence-corrected chi connectivity index (χ1v) is 14.8. The second kappa shape index (κ2) is 13.9. The average Bonchev–Trinajstić information content (AvgIpc) is 2.81. The van der Waals surface area contributed by atoms with E-state index in [4.69, 9.17) is 11.8 Å². The largest absolute Gasteiger partial charge is 0.383 e. The van der Waals surface area contributed by atoms with Gasteiger partial charge in [0.15, 0.2) is 0 Å². The van der Waals surface area contributed by atoms with E-state index < -0.39 is 0 Å². The summed E-state index contributed by atoms with van der Waals surface area (Å²) in [4.78, 5) is 0. The molecule has 0 atom stereocenters. The highest BCUT2D eigenvalue weighted by atomic mass is 35.5. The Bertz CT molecular complexity index is 947. The van der Waals surface area contributed by atoms with Gasteiger partial charge in [0.1, 0.15) is 0 Å². The van der Waals surface area contributed by atoms with Crippen LogP contribution in [0.25, 0.3) is 0 Å². The van der Waals surface area contributed by atoms with Crippen LogP contribution in [0.4, 0.5) is 11.4 Å². The summed E-state index contributed by atoms with van der Waals surface area (Å²) in [5.74, 6) is 2.86. The van der Waals surface area contributed by atoms with Gasteiger partial charge in [0.25, 0.3) is 0 Å². The monoisotopic (exact) mass is 527 g/mol. The van der Waals surface area contributed by atoms with Crippen LogP contribution in [0.15, 0.2) is 24.3 Å². The van der Waals surface area contributed by atoms with Crippen molar-refractivity contribution in [3.05, 3.63) is 57.6 Å². The Labute approximate surface area is 233 Å². The Balaban J connectivity index is 2.18. The van der Waals surface area contributed by atoms with E-state index in [1.165, 1.54) is 44.8 Å². The first kappa shape index (κ1) is 31.5. The predicted octanol–water partition coefficient (Wildman–Crippen LogP) is 10.4. The number of rotatable bonds is 13. The molecule has 2 N–H and O–H groups in total. The number of nitrogens with zero attached hydrogens (tertiary/aromatic N) is 1. The van der Waals surface area contributed by atoms with Crippen LogP contribution >= 0.6 is 11.8 Å². The van der Waals surface area contributed by atoms with Gasteiger partial charge in [0, 0.05) is 24.5 Å². The Hall–Kier alpha value is -1.71. The van der Waals surface area contributed by atoms with E-state index >= 15 is 0 Å². The third-order valence-corrected chi connectivity index (χ3v) is 7.64. The molecule has 0 aliphatic heterocycles. The van der Waals surface area contributed by atoms with E-state index in [2.05, 4.69) is 118 Å². The highest BCUT2D eigenvalue weighted by Gasteiger charge is 2.19. The molecule has 0 heterocycles. The average molecular weight is 528 g/mol. The van der Waals surface area contributed by atoms with Crippen molar-refractivity contribution in [1.29, 1.82) is 0 Å². The number of anilines is 2. The van der Waals surface area contributed by atoms with Crippen molar-refractivity contribution < 1.29 is 0 Å². The van der Waals surface area contributed by atoms with Crippen LogP contribution in [0.1, 0.15) is 152 Å². The van der Waals surface area contributed by atoms with Gasteiger partial charge in [-0.3, -0.25) is 0 Å². The minimum Gasteiger partial charge on any atom is -0.383 e. The third kappa shape index (κ3) is 8.39. The molecule has 0 radical (unpaired) electrons. The molecule has 2 aromatic carbocycles. The maximum atomic E-state index is 6.74. The Morgan fingerprint density at radius 1 is 0.541 bits per heavy atom. The zero-order chi connectivity index (χ0) is 28.0. The number of benzene rings is 2. The van der Waals surface area contributed by atoms with Crippen molar-refractivity contribution in [3.63, 3.8) is 0 Å². The lowest BCUT2D eigenvalue weighted by Crippen LogP contribution is -2.27. The molecule has 0 saturated heterocycles. The van der Waals surface area contributed by atoms with Crippen LogP contribution in [0.3, 0.4) is 0 Å². The van der Waals surface area contributed by atoms with Gasteiger partial charge >= 0.3 is 0 Å². The van der Waals surface area contributed by atoms with Gasteiger partial charge in [-0.05, 0) is 80.7 Å². The highest BCUT2D eigenvalue weighted by molar-refractivity contribution is 6.13. The SMILES string of the molecule is CC(C)c1cc(C(C)C)c(NCCN(Cl)CNc2c(C(C)C)cc(C(C)C)cc2C(C)C)c(C(C)C)c1. The van der Waals surface area contributed by atoms with Gasteiger partial charge in [-0.15, -0.1) is 0 Å². The van der Waals surface area contributed by atoms with Gasteiger partial charge in [0.05, 0.1) is 6.67 Å². The molecule has 4 heteroatoms. The van der Waals surface area contributed by atoms with Crippen LogP contribution < -0.4 is 10.6 Å². The standard InChI is InChI=1S/C33H54ClN3/c1-20(2)26-15-28(22(5)6)32(29(16-26)23(7)8)35-13-14-37(34)19-36-33-30(24(9)10)17-27(21(3)4)18-31(33)25(11)12/h15-18,20-25,35-36H,13-14,19H2,1-12H3. The normalized spacial score (nSPS) is 12.3. The summed E-state index contributed by atoms with van der Waals surface area (Å²) in [7, 11) is 0. The Kier molecular flexibility index (Phi) is 11.8. The summed E-state index contributed by atoms with van der Waals surface area (Å²) < 4.78 is 1.87. The number of halogens is 1. The van der Waals surface area contributed by atoms with Gasteiger partial charge < -0.3 is 10.6 Å². The van der Waals surface area contributed by atoms with Crippen LogP contribution in [0.5, 0.6) is 0 Å². The van der Waals surface area contributed by atoms with Crippen molar-refractivity contribution in [2.75, 3.05) is 30.4 Å². The lowest BCUT2D eigenvalue weighted by Gasteiger charge is -2.26. The van der Waals surface area contributed by atoms with Gasteiger partial charge in [-0.2, -0.15) is 4.42 Å². The van der Waals surface area contributed by atoms with E-state index in [-0.39, 0.29) is 0 Å². The Morgan fingerprint density at radius 2 is 0.865 bits per heavy atom. The Morgan fingerprint density at radius 3 is 1.16 bits per heavy atom. The third-order valence-electron chi connectivity index (χ3n) is 7.35. The molecule has 208 valence electrons. The topological polar surface area (TPSA) is 27.3 Å². The number of hydrogen-bond donors (Lipinski definition) is 2. The molecule has 3 nitrogen and oxygen atoms in total. The van der Waals surface area contributed by atoms with Crippen LogP contribution in [-0.4, -0.2) is 24.2 Å². The second-order valence-electron chi connectivity index (χ2n) is 12.5. The first-order chi connectivity index (χ1) is 17.2. The molecule has 2 rings (SSSR count). The van der Waals surface area contributed by atoms with Crippen molar-refractivity contribution in [3.8, 4) is 0 Å². The van der Waals surface area contributed by atoms with Crippen molar-refractivity contribution in [2.45, 2.75) is 119 Å². The summed E-state index contributed by atoms with van der Waals surface area (Å²) in [6, 6.07) is 9.55. The molecule has 0 saturated carbocycles. The lowest BCUT2D eigenvalue weighted by molar-refractivity contribution is 0.502. The van der Waals surface area contributed by atoms with Crippen molar-refractivity contribution in [2.24, 2.45) is 0 Å². The fraction of sp³-hybridized carbons (Fsp3) is 0.636. The van der Waals surface area contributed by atoms with Crippen LogP contribution in [0, 0.1) is 0 Å². The van der Waals surface area contributed by atoms with E-state index in [9.17, 15) is 0 Å². The maximum Gasteiger partial charge on any atom is 0.0822 e. The number of hydrogen-bond acceptors (Lipinski definition) is 3. The summed E-state index contributed by atoms with van der Waals surface area (Å²) in [5.41, 5.74) is 11.0. The quantitative estimate of drug-likeness (QED) is 0.200. The van der Waals surface area contributed by atoms with E-state index in [0.717, 1.165) is 13.1 Å². The van der Waals surface area contributed by atoms with Crippen LogP contribution in [0.2, 0.25) is 0 Å². The molecule has 2 aromatic rings. The second-order valence-corrected chi connectivity index (χ2v) is 13.0. The minimum atomic E-state index is 0.446. The zero-order valence-corrected chi connectivity index (χ0v) is 26.5. The zero-order valence-electron chi connectivity index (χ0n) is 25.7. The lowest BCUT2D eigenvalue weighted by atomic mass is 9.87. The van der Waals surface area contributed by atoms with Crippen LogP contribution in [-0.2, 0) is 0 Å². The summed E-state index contributed by atoms with van der Waals surface area (Å²) in [6.45, 7) is 29.5. The van der Waals surface area contributed by atoms with Gasteiger partial charge in [0.2, 0.25) is 0 Å². The molecule has 0 spiro atoms. The summed E-state index contributed by atoms with van der Waals surface area (Å²) in [6.07, 6.45) is 0. The molecule has 0 unspecified atom stereocenters. The minimum absolute atomic E-state index is 0.446. The van der Waals surface area contributed by atoms with E-state index in [1.54, 1.807) is 0 Å². The van der Waals surface area contributed by atoms with E-state index in [1.807, 2.05) is 4.42 Å². The smallest absolute Gasteiger partial charge is 0.0822 e. The molecule has 0 aromatic heterocycles. The number of nitrogens with one attached hydrogen (secondary N) is 2. The molecular formula is C33H54ClN3. The summed E-state index contributed by atoms with van der Waals surface area (Å²) >= 11 is 6.74. The molecular weight excluding hydrogens is 474 g/mol. The molecule has 0 fully saturated rings. The predicted molar refractivity (Wildman–Crippen MR) is 167 cm³/mol. The highest BCUT2D eigenvalue weighted by Crippen LogP contribution is 2.37. The van der Waals surface area contributed by atoms with Gasteiger partial charge in [-0.1, -0.05) is 107 Å².